The number of hydrogen-bond acceptors (Lipinski definition) is 3. The van der Waals surface area contributed by atoms with Gasteiger partial charge in [0.15, 0.2) is 0 Å². The molecule has 0 aliphatic heterocycles. The zero-order valence-electron chi connectivity index (χ0n) is 8.13. The summed E-state index contributed by atoms with van der Waals surface area (Å²) in [4.78, 5) is 0. The van der Waals surface area contributed by atoms with Crippen LogP contribution in [0.25, 0.3) is 0 Å². The van der Waals surface area contributed by atoms with E-state index in [-0.39, 0.29) is 16.2 Å². The number of rotatable bonds is 3. The van der Waals surface area contributed by atoms with Crippen LogP contribution in [-0.4, -0.2) is 55.2 Å². The van der Waals surface area contributed by atoms with Crippen molar-refractivity contribution in [3.05, 3.63) is 0 Å². The second kappa shape index (κ2) is 5.77. The smallest absolute Gasteiger partial charge is 0.266 e. The standard InChI is InChI=1S/C6H18N3S.FH/c1-7(2)10(8(3)4)9(5)6;/h1-6H3;1H/q+1;/p-1. The molecule has 0 bridgehead atoms. The molecular weight excluding hydrogens is 165 g/mol. The molecule has 0 spiro atoms. The van der Waals surface area contributed by atoms with Crippen molar-refractivity contribution in [3.63, 3.8) is 0 Å². The third-order valence-electron chi connectivity index (χ3n) is 0.980. The fourth-order valence-electron chi connectivity index (χ4n) is 0.980. The van der Waals surface area contributed by atoms with Crippen LogP contribution in [0.3, 0.4) is 0 Å². The average Bonchev–Trinajstić information content (AvgIpc) is 1.59. The van der Waals surface area contributed by atoms with Crippen molar-refractivity contribution in [1.82, 2.24) is 12.9 Å². The van der Waals surface area contributed by atoms with Gasteiger partial charge in [-0.25, -0.2) is 0 Å². The third kappa shape index (κ3) is 4.58. The maximum atomic E-state index is 2.19. The van der Waals surface area contributed by atoms with Gasteiger partial charge in [0.25, 0.3) is 11.5 Å². The Balaban J connectivity index is 0. The van der Waals surface area contributed by atoms with Crippen LogP contribution in [0.15, 0.2) is 0 Å². The molecule has 11 heavy (non-hydrogen) atoms. The predicted octanol–water partition coefficient (Wildman–Crippen LogP) is -2.96. The van der Waals surface area contributed by atoms with Crippen LogP contribution < -0.4 is 4.70 Å². The highest BCUT2D eigenvalue weighted by atomic mass is 32.2. The van der Waals surface area contributed by atoms with Gasteiger partial charge in [-0.2, -0.15) is 0 Å². The Kier molecular flexibility index (Phi) is 7.20. The van der Waals surface area contributed by atoms with Gasteiger partial charge in [-0.3, -0.25) is 0 Å². The lowest BCUT2D eigenvalue weighted by atomic mass is 11.2. The van der Waals surface area contributed by atoms with E-state index >= 15 is 0 Å². The Morgan fingerprint density at radius 2 is 0.818 bits per heavy atom. The molecule has 0 aliphatic carbocycles. The predicted molar refractivity (Wildman–Crippen MR) is 48.4 cm³/mol. The number of nitrogens with zero attached hydrogens (tertiary/aromatic N) is 3. The van der Waals surface area contributed by atoms with Crippen LogP contribution >= 0.6 is 0 Å². The highest BCUT2D eigenvalue weighted by Gasteiger charge is 2.29. The van der Waals surface area contributed by atoms with Gasteiger partial charge in [0.1, 0.15) is 0 Å². The van der Waals surface area contributed by atoms with Crippen molar-refractivity contribution in [2.24, 2.45) is 0 Å². The Morgan fingerprint density at radius 3 is 0.818 bits per heavy atom. The van der Waals surface area contributed by atoms with Gasteiger partial charge in [0.2, 0.25) is 0 Å². The first-order valence-electron chi connectivity index (χ1n) is 3.23. The molecule has 0 fully saturated rings. The van der Waals surface area contributed by atoms with E-state index in [1.165, 1.54) is 0 Å². The molecule has 70 valence electrons. The van der Waals surface area contributed by atoms with Gasteiger partial charge >= 0.3 is 0 Å². The maximum absolute atomic E-state index is 2.19. The molecule has 0 aliphatic rings. The van der Waals surface area contributed by atoms with E-state index in [0.717, 1.165) is 0 Å². The zero-order valence-corrected chi connectivity index (χ0v) is 8.94. The fraction of sp³-hybridized carbons (Fsp3) is 1.00. The number of hydrogen-bond donors (Lipinski definition) is 0. The lowest BCUT2D eigenvalue weighted by molar-refractivity contribution is -0.00000239. The molecule has 0 saturated heterocycles. The Labute approximate surface area is 72.1 Å². The minimum absolute atomic E-state index is 0. The van der Waals surface area contributed by atoms with E-state index in [2.05, 4.69) is 55.2 Å². The molecule has 0 atom stereocenters. The quantitative estimate of drug-likeness (QED) is 0.433. The molecule has 0 N–H and O–H groups in total. The Hall–Kier alpha value is 0.160. The van der Waals surface area contributed by atoms with Crippen molar-refractivity contribution in [3.8, 4) is 0 Å². The van der Waals surface area contributed by atoms with Crippen LogP contribution in [0, 0.1) is 0 Å². The summed E-state index contributed by atoms with van der Waals surface area (Å²) in [6.07, 6.45) is 0. The molecule has 0 unspecified atom stereocenters. The Morgan fingerprint density at radius 1 is 0.636 bits per heavy atom. The molecule has 0 radical (unpaired) electrons. The minimum Gasteiger partial charge on any atom is -1.00 e. The first kappa shape index (κ1) is 13.7. The summed E-state index contributed by atoms with van der Waals surface area (Å²) < 4.78 is 6.58. The van der Waals surface area contributed by atoms with Gasteiger partial charge in [-0.1, -0.05) is 12.9 Å². The van der Waals surface area contributed by atoms with Crippen LogP contribution in [0.1, 0.15) is 0 Å². The minimum atomic E-state index is 0. The van der Waals surface area contributed by atoms with E-state index < -0.39 is 0 Å². The number of halogens is 1. The van der Waals surface area contributed by atoms with Gasteiger partial charge in [-0.15, -0.1) is 0 Å². The second-order valence-electron chi connectivity index (χ2n) is 2.68. The lowest BCUT2D eigenvalue weighted by Gasteiger charge is -2.20. The second-order valence-corrected chi connectivity index (χ2v) is 5.36. The van der Waals surface area contributed by atoms with Gasteiger partial charge in [0, 0.05) is 42.3 Å². The highest BCUT2D eigenvalue weighted by Crippen LogP contribution is 2.05. The van der Waals surface area contributed by atoms with E-state index in [1.54, 1.807) is 0 Å². The average molecular weight is 183 g/mol. The van der Waals surface area contributed by atoms with Gasteiger partial charge in [0.05, 0.1) is 0 Å². The molecule has 0 aromatic heterocycles. The van der Waals surface area contributed by atoms with Crippen LogP contribution in [0.2, 0.25) is 0 Å². The largest absolute Gasteiger partial charge is 1.00 e. The molecular formula is C6H18FN3S. The van der Waals surface area contributed by atoms with Crippen LogP contribution in [0.4, 0.5) is 0 Å². The van der Waals surface area contributed by atoms with Crippen LogP contribution in [-0.2, 0) is 11.5 Å². The first-order chi connectivity index (χ1) is 4.46. The molecule has 3 nitrogen and oxygen atoms in total. The van der Waals surface area contributed by atoms with Crippen molar-refractivity contribution in [2.45, 2.75) is 0 Å². The first-order valence-corrected chi connectivity index (χ1v) is 4.33. The van der Waals surface area contributed by atoms with E-state index in [0.29, 0.717) is 0 Å². The summed E-state index contributed by atoms with van der Waals surface area (Å²) in [5.41, 5.74) is 0. The van der Waals surface area contributed by atoms with E-state index in [9.17, 15) is 0 Å². The SMILES string of the molecule is CN(C)[S+](N(C)C)N(C)C.[F-]. The topological polar surface area (TPSA) is 9.72 Å². The molecule has 0 aromatic rings. The monoisotopic (exact) mass is 183 g/mol. The summed E-state index contributed by atoms with van der Waals surface area (Å²) in [7, 11) is 12.5. The molecule has 0 aromatic carbocycles. The summed E-state index contributed by atoms with van der Waals surface area (Å²) >= 11 is 0.120. The van der Waals surface area contributed by atoms with Crippen molar-refractivity contribution in [2.75, 3.05) is 42.3 Å². The van der Waals surface area contributed by atoms with Crippen molar-refractivity contribution in [1.29, 1.82) is 0 Å². The summed E-state index contributed by atoms with van der Waals surface area (Å²) in [6, 6.07) is 0. The van der Waals surface area contributed by atoms with Crippen LogP contribution in [0.5, 0.6) is 0 Å². The van der Waals surface area contributed by atoms with Crippen molar-refractivity contribution < 1.29 is 4.70 Å². The van der Waals surface area contributed by atoms with E-state index in [4.69, 9.17) is 0 Å². The van der Waals surface area contributed by atoms with Crippen molar-refractivity contribution >= 4 is 11.5 Å². The molecule has 5 heteroatoms. The fourth-order valence-corrected chi connectivity index (χ4v) is 2.94. The zero-order chi connectivity index (χ0) is 8.31. The molecule has 0 heterocycles. The van der Waals surface area contributed by atoms with Gasteiger partial charge in [-0.05, 0) is 0 Å². The third-order valence-corrected chi connectivity index (χ3v) is 2.94. The molecule has 0 saturated carbocycles. The summed E-state index contributed by atoms with van der Waals surface area (Å²) in [5.74, 6) is 0. The van der Waals surface area contributed by atoms with E-state index in [1.807, 2.05) is 0 Å². The maximum Gasteiger partial charge on any atom is 0.266 e. The lowest BCUT2D eigenvalue weighted by Crippen LogP contribution is -3.00. The molecule has 0 rings (SSSR count). The summed E-state index contributed by atoms with van der Waals surface area (Å²) in [6.45, 7) is 0. The normalized spacial score (nSPS) is 11.5. The summed E-state index contributed by atoms with van der Waals surface area (Å²) in [5, 5.41) is 0. The Bertz CT molecular complexity index is 78.8. The highest BCUT2D eigenvalue weighted by molar-refractivity contribution is 7.90. The molecule has 0 amide bonds. The van der Waals surface area contributed by atoms with Gasteiger partial charge < -0.3 is 4.70 Å².